The first-order valence-corrected chi connectivity index (χ1v) is 9.41. The zero-order chi connectivity index (χ0) is 22.4. The smallest absolute Gasteiger partial charge is 0.271 e. The van der Waals surface area contributed by atoms with Gasteiger partial charge in [0, 0.05) is 28.9 Å². The molecular formula is C23H20N4O4. The number of nitrogens with one attached hydrogen (secondary N) is 2. The summed E-state index contributed by atoms with van der Waals surface area (Å²) in [6, 6.07) is 19.7. The summed E-state index contributed by atoms with van der Waals surface area (Å²) < 4.78 is 0. The Kier molecular flexibility index (Phi) is 6.51. The van der Waals surface area contributed by atoms with Gasteiger partial charge in [-0.2, -0.15) is 5.10 Å². The third-order valence-electron chi connectivity index (χ3n) is 4.46. The van der Waals surface area contributed by atoms with E-state index in [1.165, 1.54) is 24.3 Å². The summed E-state index contributed by atoms with van der Waals surface area (Å²) in [5.41, 5.74) is 5.68. The van der Waals surface area contributed by atoms with E-state index < -0.39 is 10.8 Å². The molecule has 0 atom stereocenters. The normalized spacial score (nSPS) is 11.0. The molecule has 3 rings (SSSR count). The summed E-state index contributed by atoms with van der Waals surface area (Å²) in [6.07, 6.45) is 0. The molecule has 8 nitrogen and oxygen atoms in total. The monoisotopic (exact) mass is 416 g/mol. The molecule has 0 saturated heterocycles. The van der Waals surface area contributed by atoms with Crippen LogP contribution in [0.1, 0.15) is 38.8 Å². The van der Waals surface area contributed by atoms with Gasteiger partial charge in [0.25, 0.3) is 17.5 Å². The van der Waals surface area contributed by atoms with Gasteiger partial charge in [-0.05, 0) is 49.7 Å². The number of hydrazone groups is 1. The largest absolute Gasteiger partial charge is 0.322 e. The molecule has 31 heavy (non-hydrogen) atoms. The molecule has 0 fully saturated rings. The summed E-state index contributed by atoms with van der Waals surface area (Å²) in [5.74, 6) is -0.790. The van der Waals surface area contributed by atoms with Gasteiger partial charge in [-0.15, -0.1) is 0 Å². The van der Waals surface area contributed by atoms with E-state index in [1.54, 1.807) is 43.3 Å². The van der Waals surface area contributed by atoms with Gasteiger partial charge in [0.2, 0.25) is 0 Å². The van der Waals surface area contributed by atoms with Crippen molar-refractivity contribution in [2.75, 3.05) is 5.32 Å². The van der Waals surface area contributed by atoms with Crippen molar-refractivity contribution in [3.05, 3.63) is 105 Å². The summed E-state index contributed by atoms with van der Waals surface area (Å²) in [4.78, 5) is 35.0. The first-order valence-electron chi connectivity index (χ1n) is 9.41. The number of nitrogens with zero attached hydrogens (tertiary/aromatic N) is 2. The highest BCUT2D eigenvalue weighted by atomic mass is 16.6. The Morgan fingerprint density at radius 3 is 2.23 bits per heavy atom. The molecule has 0 aliphatic carbocycles. The lowest BCUT2D eigenvalue weighted by Gasteiger charge is -2.08. The van der Waals surface area contributed by atoms with Crippen LogP contribution in [-0.2, 0) is 0 Å². The number of nitro groups is 1. The minimum absolute atomic E-state index is 0.130. The summed E-state index contributed by atoms with van der Waals surface area (Å²) >= 11 is 0. The molecule has 0 heterocycles. The van der Waals surface area contributed by atoms with Crippen molar-refractivity contribution in [1.82, 2.24) is 5.43 Å². The maximum atomic E-state index is 12.4. The third kappa shape index (κ3) is 5.60. The second kappa shape index (κ2) is 9.45. The first-order chi connectivity index (χ1) is 14.8. The molecule has 3 aromatic carbocycles. The van der Waals surface area contributed by atoms with Crippen molar-refractivity contribution < 1.29 is 14.5 Å². The van der Waals surface area contributed by atoms with Crippen LogP contribution >= 0.6 is 0 Å². The second-order valence-electron chi connectivity index (χ2n) is 6.85. The average Bonchev–Trinajstić information content (AvgIpc) is 2.77. The van der Waals surface area contributed by atoms with Crippen LogP contribution in [0.25, 0.3) is 0 Å². The number of rotatable bonds is 6. The molecule has 0 aliphatic heterocycles. The van der Waals surface area contributed by atoms with Crippen molar-refractivity contribution in [1.29, 1.82) is 0 Å². The van der Waals surface area contributed by atoms with Gasteiger partial charge in [0.1, 0.15) is 0 Å². The van der Waals surface area contributed by atoms with Gasteiger partial charge in [0.05, 0.1) is 10.6 Å². The predicted molar refractivity (Wildman–Crippen MR) is 118 cm³/mol. The quantitative estimate of drug-likeness (QED) is 0.354. The van der Waals surface area contributed by atoms with Crippen LogP contribution in [0.3, 0.4) is 0 Å². The molecule has 0 aromatic heterocycles. The SMILES string of the molecule is C/C(=N\NC(=O)c1cccc([N+](=O)[O-])c1)c1cccc(NC(=O)c2cccc(C)c2)c1. The van der Waals surface area contributed by atoms with Gasteiger partial charge in [-0.3, -0.25) is 19.7 Å². The molecule has 0 saturated carbocycles. The zero-order valence-corrected chi connectivity index (χ0v) is 17.0. The van der Waals surface area contributed by atoms with E-state index in [2.05, 4.69) is 15.8 Å². The molecule has 2 N–H and O–H groups in total. The lowest BCUT2D eigenvalue weighted by molar-refractivity contribution is -0.384. The maximum Gasteiger partial charge on any atom is 0.271 e. The van der Waals surface area contributed by atoms with Crippen LogP contribution in [0.5, 0.6) is 0 Å². The molecule has 0 bridgehead atoms. The van der Waals surface area contributed by atoms with Crippen LogP contribution in [0, 0.1) is 17.0 Å². The Hall–Kier alpha value is -4.33. The van der Waals surface area contributed by atoms with E-state index in [1.807, 2.05) is 19.1 Å². The minimum Gasteiger partial charge on any atom is -0.322 e. The number of aryl methyl sites for hydroxylation is 1. The molecule has 3 aromatic rings. The Morgan fingerprint density at radius 1 is 0.871 bits per heavy atom. The van der Waals surface area contributed by atoms with Crippen LogP contribution in [0.4, 0.5) is 11.4 Å². The number of carbonyl (C=O) groups is 2. The average molecular weight is 416 g/mol. The highest BCUT2D eigenvalue weighted by molar-refractivity contribution is 6.06. The van der Waals surface area contributed by atoms with Crippen LogP contribution < -0.4 is 10.7 Å². The van der Waals surface area contributed by atoms with E-state index in [4.69, 9.17) is 0 Å². The fourth-order valence-corrected chi connectivity index (χ4v) is 2.84. The summed E-state index contributed by atoms with van der Waals surface area (Å²) in [5, 5.41) is 17.8. The Balaban J connectivity index is 1.70. The standard InChI is InChI=1S/C23H20N4O4/c1-15-6-3-8-18(12-15)22(28)24-20-10-4-7-17(13-20)16(2)25-26-23(29)19-9-5-11-21(14-19)27(30)31/h3-14H,1-2H3,(H,24,28)(H,26,29)/b25-16+. The number of anilines is 1. The van der Waals surface area contributed by atoms with E-state index in [-0.39, 0.29) is 17.2 Å². The van der Waals surface area contributed by atoms with Crippen molar-refractivity contribution in [3.63, 3.8) is 0 Å². The second-order valence-corrected chi connectivity index (χ2v) is 6.85. The number of non-ortho nitro benzene ring substituents is 1. The number of nitro benzene ring substituents is 1. The number of hydrogen-bond acceptors (Lipinski definition) is 5. The van der Waals surface area contributed by atoms with E-state index in [0.29, 0.717) is 22.5 Å². The van der Waals surface area contributed by atoms with Crippen molar-refractivity contribution >= 4 is 28.9 Å². The highest BCUT2D eigenvalue weighted by Crippen LogP contribution is 2.15. The van der Waals surface area contributed by atoms with E-state index in [0.717, 1.165) is 5.56 Å². The highest BCUT2D eigenvalue weighted by Gasteiger charge is 2.11. The van der Waals surface area contributed by atoms with E-state index in [9.17, 15) is 19.7 Å². The Bertz CT molecular complexity index is 1190. The number of benzene rings is 3. The number of amides is 2. The van der Waals surface area contributed by atoms with Crippen molar-refractivity contribution in [2.24, 2.45) is 5.10 Å². The maximum absolute atomic E-state index is 12.4. The zero-order valence-electron chi connectivity index (χ0n) is 17.0. The number of hydrogen-bond donors (Lipinski definition) is 2. The molecule has 8 heteroatoms. The van der Waals surface area contributed by atoms with Crippen molar-refractivity contribution in [3.8, 4) is 0 Å². The van der Waals surface area contributed by atoms with Crippen molar-refractivity contribution in [2.45, 2.75) is 13.8 Å². The Morgan fingerprint density at radius 2 is 1.52 bits per heavy atom. The van der Waals surface area contributed by atoms with Crippen LogP contribution in [0.15, 0.2) is 77.9 Å². The molecule has 156 valence electrons. The van der Waals surface area contributed by atoms with Gasteiger partial charge in [-0.25, -0.2) is 5.43 Å². The lowest BCUT2D eigenvalue weighted by atomic mass is 10.1. The molecule has 2 amide bonds. The van der Waals surface area contributed by atoms with Crippen LogP contribution in [0.2, 0.25) is 0 Å². The van der Waals surface area contributed by atoms with Gasteiger partial charge >= 0.3 is 0 Å². The molecular weight excluding hydrogens is 396 g/mol. The van der Waals surface area contributed by atoms with E-state index >= 15 is 0 Å². The van der Waals surface area contributed by atoms with Gasteiger partial charge in [-0.1, -0.05) is 35.9 Å². The summed E-state index contributed by atoms with van der Waals surface area (Å²) in [7, 11) is 0. The topological polar surface area (TPSA) is 114 Å². The first kappa shape index (κ1) is 21.4. The predicted octanol–water partition coefficient (Wildman–Crippen LogP) is 4.31. The minimum atomic E-state index is -0.568. The Labute approximate surface area is 178 Å². The number of carbonyl (C=O) groups excluding carboxylic acids is 2. The van der Waals surface area contributed by atoms with Crippen LogP contribution in [-0.4, -0.2) is 22.4 Å². The fourth-order valence-electron chi connectivity index (χ4n) is 2.84. The fraction of sp³-hybridized carbons (Fsp3) is 0.0870. The van der Waals surface area contributed by atoms with Gasteiger partial charge in [0.15, 0.2) is 0 Å². The molecule has 0 unspecified atom stereocenters. The molecule has 0 spiro atoms. The molecule has 0 aliphatic rings. The van der Waals surface area contributed by atoms with Gasteiger partial charge < -0.3 is 5.32 Å². The molecule has 0 radical (unpaired) electrons. The summed E-state index contributed by atoms with van der Waals surface area (Å²) in [6.45, 7) is 3.62. The third-order valence-corrected chi connectivity index (χ3v) is 4.46. The lowest BCUT2D eigenvalue weighted by Crippen LogP contribution is -2.19.